The monoisotopic (exact) mass is 343 g/mol. The van der Waals surface area contributed by atoms with Crippen LogP contribution in [0.25, 0.3) is 0 Å². The van der Waals surface area contributed by atoms with E-state index < -0.39 is 21.0 Å². The van der Waals surface area contributed by atoms with E-state index in [0.29, 0.717) is 31.9 Å². The van der Waals surface area contributed by atoms with Gasteiger partial charge in [0.15, 0.2) is 4.90 Å². The van der Waals surface area contributed by atoms with Gasteiger partial charge in [0.05, 0.1) is 18.4 Å². The minimum Gasteiger partial charge on any atom is -0.477 e. The first-order valence-electron chi connectivity index (χ1n) is 8.16. The summed E-state index contributed by atoms with van der Waals surface area (Å²) in [6.45, 7) is 5.15. The van der Waals surface area contributed by atoms with Gasteiger partial charge in [0.1, 0.15) is 0 Å². The molecule has 1 aromatic heterocycles. The molecule has 23 heavy (non-hydrogen) atoms. The molecule has 1 aliphatic carbocycles. The molecule has 0 aromatic carbocycles. The molecule has 1 aromatic rings. The molecule has 0 amide bonds. The summed E-state index contributed by atoms with van der Waals surface area (Å²) in [5.74, 6) is 0.307. The average molecular weight is 343 g/mol. The van der Waals surface area contributed by atoms with Crippen LogP contribution in [0.3, 0.4) is 0 Å². The molecule has 1 fully saturated rings. The fraction of sp³-hybridized carbons (Fsp3) is 0.800. The predicted octanol–water partition coefficient (Wildman–Crippen LogP) is 1.28. The van der Waals surface area contributed by atoms with Gasteiger partial charge >= 0.3 is 0 Å². The van der Waals surface area contributed by atoms with Crippen LogP contribution in [-0.4, -0.2) is 42.1 Å². The maximum absolute atomic E-state index is 12.6. The van der Waals surface area contributed by atoms with Crippen molar-refractivity contribution >= 4 is 10.0 Å². The third-order valence-electron chi connectivity index (χ3n) is 5.20. The lowest BCUT2D eigenvalue weighted by Crippen LogP contribution is -2.49. The van der Waals surface area contributed by atoms with Gasteiger partial charge in [0, 0.05) is 24.9 Å². The van der Waals surface area contributed by atoms with Gasteiger partial charge in [-0.1, -0.05) is 26.7 Å². The van der Waals surface area contributed by atoms with Gasteiger partial charge in [0.2, 0.25) is 15.9 Å². The molecule has 3 rings (SSSR count). The maximum atomic E-state index is 12.6. The van der Waals surface area contributed by atoms with E-state index in [9.17, 15) is 13.5 Å². The summed E-state index contributed by atoms with van der Waals surface area (Å²) in [4.78, 5) is 0.0754. The quantitative estimate of drug-likeness (QED) is 0.840. The molecule has 0 bridgehead atoms. The number of nitrogens with one attached hydrogen (secondary N) is 1. The van der Waals surface area contributed by atoms with Crippen molar-refractivity contribution in [3.05, 3.63) is 6.20 Å². The third kappa shape index (κ3) is 2.99. The van der Waals surface area contributed by atoms with Crippen molar-refractivity contribution in [3.63, 3.8) is 0 Å². The second-order valence-corrected chi connectivity index (χ2v) is 8.92. The lowest BCUT2D eigenvalue weighted by Gasteiger charge is -2.40. The van der Waals surface area contributed by atoms with Crippen molar-refractivity contribution in [2.75, 3.05) is 13.2 Å². The smallest absolute Gasteiger partial charge is 0.247 e. The standard InChI is InChI=1S/C15H25N3O4S/c1-14(2,15(19)6-3-4-7-15)11-17-23(20,21)12-10-16-18-8-5-9-22-13(12)18/h10,17,19H,3-9,11H2,1-2H3. The van der Waals surface area contributed by atoms with Crippen LogP contribution >= 0.6 is 0 Å². The zero-order valence-electron chi connectivity index (χ0n) is 13.7. The Hall–Kier alpha value is -1.12. The van der Waals surface area contributed by atoms with Crippen LogP contribution < -0.4 is 9.46 Å². The zero-order chi connectivity index (χ0) is 16.7. The molecule has 2 N–H and O–H groups in total. The normalized spacial score (nSPS) is 21.0. The lowest BCUT2D eigenvalue weighted by molar-refractivity contribution is -0.0577. The molecule has 2 aliphatic rings. The lowest BCUT2D eigenvalue weighted by atomic mass is 9.74. The summed E-state index contributed by atoms with van der Waals surface area (Å²) in [5, 5.41) is 14.8. The number of nitrogens with zero attached hydrogens (tertiary/aromatic N) is 2. The van der Waals surface area contributed by atoms with Crippen LogP contribution in [0.15, 0.2) is 11.1 Å². The molecule has 1 aliphatic heterocycles. The highest BCUT2D eigenvalue weighted by Crippen LogP contribution is 2.43. The second-order valence-electron chi connectivity index (χ2n) is 7.19. The number of hydrogen-bond acceptors (Lipinski definition) is 5. The summed E-state index contributed by atoms with van der Waals surface area (Å²) < 4.78 is 34.9. The molecule has 0 radical (unpaired) electrons. The van der Waals surface area contributed by atoms with Gasteiger partial charge in [-0.2, -0.15) is 5.10 Å². The topological polar surface area (TPSA) is 93.5 Å². The van der Waals surface area contributed by atoms with Crippen molar-refractivity contribution in [1.82, 2.24) is 14.5 Å². The average Bonchev–Trinajstić information content (AvgIpc) is 3.13. The van der Waals surface area contributed by atoms with E-state index in [1.54, 1.807) is 4.68 Å². The van der Waals surface area contributed by atoms with Crippen LogP contribution in [0.2, 0.25) is 0 Å². The molecule has 8 heteroatoms. The van der Waals surface area contributed by atoms with E-state index in [-0.39, 0.29) is 11.4 Å². The van der Waals surface area contributed by atoms with Crippen molar-refractivity contribution in [2.24, 2.45) is 5.41 Å². The minimum atomic E-state index is -3.72. The van der Waals surface area contributed by atoms with Crippen molar-refractivity contribution in [2.45, 2.75) is 63.0 Å². The SMILES string of the molecule is CC(C)(CNS(=O)(=O)c1cnn2c1OCCC2)C1(O)CCCC1. The molecular weight excluding hydrogens is 318 g/mol. The third-order valence-corrected chi connectivity index (χ3v) is 6.58. The van der Waals surface area contributed by atoms with E-state index in [2.05, 4.69) is 9.82 Å². The van der Waals surface area contributed by atoms with Crippen LogP contribution in [0, 0.1) is 5.41 Å². The van der Waals surface area contributed by atoms with Gasteiger partial charge in [-0.25, -0.2) is 17.8 Å². The highest BCUT2D eigenvalue weighted by molar-refractivity contribution is 7.89. The van der Waals surface area contributed by atoms with Gasteiger partial charge < -0.3 is 9.84 Å². The molecule has 0 saturated heterocycles. The number of aliphatic hydroxyl groups is 1. The van der Waals surface area contributed by atoms with E-state index in [1.807, 2.05) is 13.8 Å². The summed E-state index contributed by atoms with van der Waals surface area (Å²) in [5.41, 5.74) is -1.35. The number of hydrogen-bond donors (Lipinski definition) is 2. The van der Waals surface area contributed by atoms with Gasteiger partial charge in [-0.15, -0.1) is 0 Å². The Bertz CT molecular complexity index is 675. The molecule has 0 unspecified atom stereocenters. The Morgan fingerprint density at radius 2 is 2.09 bits per heavy atom. The molecule has 0 spiro atoms. The van der Waals surface area contributed by atoms with Crippen molar-refractivity contribution in [3.8, 4) is 5.88 Å². The van der Waals surface area contributed by atoms with E-state index in [1.165, 1.54) is 6.20 Å². The summed E-state index contributed by atoms with van der Waals surface area (Å²) >= 11 is 0. The Kier molecular flexibility index (Phi) is 4.18. The van der Waals surface area contributed by atoms with E-state index >= 15 is 0 Å². The zero-order valence-corrected chi connectivity index (χ0v) is 14.5. The number of aromatic nitrogens is 2. The highest BCUT2D eigenvalue weighted by atomic mass is 32.2. The Morgan fingerprint density at radius 1 is 1.39 bits per heavy atom. The van der Waals surface area contributed by atoms with Crippen LogP contribution in [0.1, 0.15) is 46.0 Å². The molecule has 0 atom stereocenters. The highest BCUT2D eigenvalue weighted by Gasteiger charge is 2.45. The fourth-order valence-electron chi connectivity index (χ4n) is 3.38. The molecule has 2 heterocycles. The van der Waals surface area contributed by atoms with E-state index in [4.69, 9.17) is 4.74 Å². The van der Waals surface area contributed by atoms with Crippen LogP contribution in [0.4, 0.5) is 0 Å². The van der Waals surface area contributed by atoms with Crippen molar-refractivity contribution in [1.29, 1.82) is 0 Å². The molecule has 130 valence electrons. The predicted molar refractivity (Wildman–Crippen MR) is 84.7 cm³/mol. The summed E-state index contributed by atoms with van der Waals surface area (Å²) in [7, 11) is -3.72. The largest absolute Gasteiger partial charge is 0.477 e. The Morgan fingerprint density at radius 3 is 2.78 bits per heavy atom. The minimum absolute atomic E-state index is 0.0754. The van der Waals surface area contributed by atoms with Crippen LogP contribution in [-0.2, 0) is 16.6 Å². The van der Waals surface area contributed by atoms with Crippen molar-refractivity contribution < 1.29 is 18.3 Å². The van der Waals surface area contributed by atoms with E-state index in [0.717, 1.165) is 19.3 Å². The first kappa shape index (κ1) is 16.7. The first-order chi connectivity index (χ1) is 10.8. The number of fused-ring (bicyclic) bond motifs is 1. The number of aryl methyl sites for hydroxylation is 1. The Labute approximate surface area is 137 Å². The molecular formula is C15H25N3O4S. The second kappa shape index (κ2) is 5.75. The summed E-state index contributed by atoms with van der Waals surface area (Å²) in [6, 6.07) is 0. The Balaban J connectivity index is 1.75. The maximum Gasteiger partial charge on any atom is 0.247 e. The first-order valence-corrected chi connectivity index (χ1v) is 9.64. The number of ether oxygens (including phenoxy) is 1. The van der Waals surface area contributed by atoms with Gasteiger partial charge in [-0.3, -0.25) is 0 Å². The fourth-order valence-corrected chi connectivity index (χ4v) is 4.67. The summed E-state index contributed by atoms with van der Waals surface area (Å²) in [6.07, 6.45) is 5.55. The molecule has 7 nitrogen and oxygen atoms in total. The van der Waals surface area contributed by atoms with Crippen LogP contribution in [0.5, 0.6) is 5.88 Å². The van der Waals surface area contributed by atoms with Gasteiger partial charge in [0.25, 0.3) is 0 Å². The van der Waals surface area contributed by atoms with Gasteiger partial charge in [-0.05, 0) is 12.8 Å². The molecule has 1 saturated carbocycles. The number of rotatable bonds is 5. The number of sulfonamides is 1.